The molecule has 0 saturated carbocycles. The predicted molar refractivity (Wildman–Crippen MR) is 103 cm³/mol. The summed E-state index contributed by atoms with van der Waals surface area (Å²) in [6, 6.07) is 3.54. The van der Waals surface area contributed by atoms with Crippen molar-refractivity contribution >= 4 is 25.2 Å². The number of halogens is 1. The SMILES string of the molecule is Cc1cc(B2OC(C)(C)C(C)(C)O2)c(F)c(B2OC(C)(C)C(C)(C)O2)c1. The van der Waals surface area contributed by atoms with Crippen molar-refractivity contribution in [3.63, 3.8) is 0 Å². The van der Waals surface area contributed by atoms with Gasteiger partial charge >= 0.3 is 14.2 Å². The summed E-state index contributed by atoms with van der Waals surface area (Å²) in [6.45, 7) is 17.6. The molecule has 2 aliphatic heterocycles. The highest BCUT2D eigenvalue weighted by Crippen LogP contribution is 2.38. The second-order valence-electron chi connectivity index (χ2n) is 9.43. The van der Waals surface area contributed by atoms with E-state index < -0.39 is 42.5 Å². The fraction of sp³-hybridized carbons (Fsp3) is 0.684. The summed E-state index contributed by atoms with van der Waals surface area (Å²) in [5.41, 5.74) is -0.449. The van der Waals surface area contributed by atoms with Crippen LogP contribution < -0.4 is 10.9 Å². The molecule has 0 atom stereocenters. The molecule has 0 bridgehead atoms. The molecule has 0 radical (unpaired) electrons. The third kappa shape index (κ3) is 3.03. The molecule has 142 valence electrons. The third-order valence-corrected chi connectivity index (χ3v) is 6.29. The van der Waals surface area contributed by atoms with Crippen LogP contribution >= 0.6 is 0 Å². The second kappa shape index (κ2) is 5.81. The Balaban J connectivity index is 1.99. The second-order valence-corrected chi connectivity index (χ2v) is 9.43. The monoisotopic (exact) mass is 362 g/mol. The molecule has 7 heteroatoms. The first-order valence-electron chi connectivity index (χ1n) is 9.18. The fourth-order valence-electron chi connectivity index (χ4n) is 3.11. The van der Waals surface area contributed by atoms with E-state index in [0.717, 1.165) is 5.56 Å². The molecule has 0 aromatic heterocycles. The maximum atomic E-state index is 15.4. The predicted octanol–water partition coefficient (Wildman–Crippen LogP) is 2.73. The molecular formula is C19H29B2FO4. The van der Waals surface area contributed by atoms with Crippen LogP contribution in [-0.2, 0) is 18.6 Å². The number of benzene rings is 1. The van der Waals surface area contributed by atoms with Gasteiger partial charge in [-0.1, -0.05) is 17.7 Å². The van der Waals surface area contributed by atoms with Gasteiger partial charge in [0.1, 0.15) is 5.82 Å². The summed E-state index contributed by atoms with van der Waals surface area (Å²) in [5, 5.41) is 0. The lowest BCUT2D eigenvalue weighted by molar-refractivity contribution is 0.00578. The molecule has 0 aliphatic carbocycles. The Hall–Kier alpha value is -0.880. The molecule has 26 heavy (non-hydrogen) atoms. The molecule has 3 rings (SSSR count). The summed E-state index contributed by atoms with van der Waals surface area (Å²) in [7, 11) is -1.53. The maximum absolute atomic E-state index is 15.4. The van der Waals surface area contributed by atoms with Crippen molar-refractivity contribution in [1.29, 1.82) is 0 Å². The van der Waals surface area contributed by atoms with E-state index in [9.17, 15) is 0 Å². The number of aryl methyl sites for hydroxylation is 1. The molecule has 2 saturated heterocycles. The van der Waals surface area contributed by atoms with Crippen LogP contribution in [0.5, 0.6) is 0 Å². The van der Waals surface area contributed by atoms with Gasteiger partial charge in [0.05, 0.1) is 22.4 Å². The molecule has 2 aliphatic rings. The quantitative estimate of drug-likeness (QED) is 0.759. The van der Waals surface area contributed by atoms with Crippen molar-refractivity contribution < 1.29 is 23.0 Å². The number of hydrogen-bond donors (Lipinski definition) is 0. The van der Waals surface area contributed by atoms with Gasteiger partial charge < -0.3 is 18.6 Å². The topological polar surface area (TPSA) is 36.9 Å². The molecule has 0 amide bonds. The minimum Gasteiger partial charge on any atom is -0.399 e. The molecule has 0 spiro atoms. The first-order chi connectivity index (χ1) is 11.7. The Kier molecular flexibility index (Phi) is 4.44. The maximum Gasteiger partial charge on any atom is 0.497 e. The van der Waals surface area contributed by atoms with Crippen molar-refractivity contribution in [1.82, 2.24) is 0 Å². The van der Waals surface area contributed by atoms with E-state index in [4.69, 9.17) is 18.6 Å². The van der Waals surface area contributed by atoms with Crippen LogP contribution in [0.2, 0.25) is 0 Å². The van der Waals surface area contributed by atoms with E-state index in [1.807, 2.05) is 62.3 Å². The van der Waals surface area contributed by atoms with Gasteiger partial charge in [0.2, 0.25) is 0 Å². The van der Waals surface area contributed by atoms with Crippen LogP contribution in [0.3, 0.4) is 0 Å². The van der Waals surface area contributed by atoms with Crippen molar-refractivity contribution in [3.8, 4) is 0 Å². The van der Waals surface area contributed by atoms with Gasteiger partial charge in [-0.15, -0.1) is 0 Å². The van der Waals surface area contributed by atoms with Crippen LogP contribution in [0.25, 0.3) is 0 Å². The largest absolute Gasteiger partial charge is 0.497 e. The Bertz CT molecular complexity index is 641. The summed E-state index contributed by atoms with van der Waals surface area (Å²) in [4.78, 5) is 0. The van der Waals surface area contributed by atoms with Crippen molar-refractivity contribution in [2.24, 2.45) is 0 Å². The third-order valence-electron chi connectivity index (χ3n) is 6.29. The minimum atomic E-state index is -0.763. The molecular weight excluding hydrogens is 333 g/mol. The van der Waals surface area contributed by atoms with E-state index in [1.165, 1.54) is 0 Å². The van der Waals surface area contributed by atoms with Crippen LogP contribution in [0.1, 0.15) is 61.0 Å². The first kappa shape index (κ1) is 19.9. The Morgan fingerprint density at radius 2 is 0.923 bits per heavy atom. The van der Waals surface area contributed by atoms with E-state index in [0.29, 0.717) is 10.9 Å². The van der Waals surface area contributed by atoms with E-state index in [1.54, 1.807) is 12.1 Å². The lowest BCUT2D eigenvalue weighted by Gasteiger charge is -2.32. The van der Waals surface area contributed by atoms with Crippen LogP contribution in [0, 0.1) is 12.7 Å². The van der Waals surface area contributed by atoms with Crippen LogP contribution in [-0.4, -0.2) is 36.6 Å². The van der Waals surface area contributed by atoms with Gasteiger partial charge in [-0.25, -0.2) is 4.39 Å². The van der Waals surface area contributed by atoms with Gasteiger partial charge in [0.15, 0.2) is 0 Å². The standard InChI is InChI=1S/C19H29B2FO4/c1-12-10-13(20-23-16(2,3)17(4,5)24-20)15(22)14(11-12)21-25-18(6,7)19(8,9)26-21/h10-11H,1-9H3. The smallest absolute Gasteiger partial charge is 0.399 e. The average Bonchev–Trinajstić information content (AvgIpc) is 2.80. The molecule has 2 fully saturated rings. The minimum absolute atomic E-state index is 0.383. The molecule has 1 aromatic carbocycles. The molecule has 4 nitrogen and oxygen atoms in total. The normalized spacial score (nSPS) is 25.8. The van der Waals surface area contributed by atoms with Gasteiger partial charge in [0.25, 0.3) is 0 Å². The highest BCUT2D eigenvalue weighted by Gasteiger charge is 2.55. The zero-order chi connectivity index (χ0) is 19.7. The van der Waals surface area contributed by atoms with E-state index in [-0.39, 0.29) is 0 Å². The molecule has 1 aromatic rings. The van der Waals surface area contributed by atoms with Crippen molar-refractivity contribution in [2.75, 3.05) is 0 Å². The van der Waals surface area contributed by atoms with Crippen LogP contribution in [0.15, 0.2) is 12.1 Å². The fourth-order valence-corrected chi connectivity index (χ4v) is 3.11. The molecule has 2 heterocycles. The zero-order valence-electron chi connectivity index (χ0n) is 17.3. The zero-order valence-corrected chi connectivity index (χ0v) is 17.3. The summed E-state index contributed by atoms with van der Waals surface area (Å²) < 4.78 is 39.6. The molecule has 0 unspecified atom stereocenters. The van der Waals surface area contributed by atoms with E-state index in [2.05, 4.69) is 0 Å². The average molecular weight is 362 g/mol. The lowest BCUT2D eigenvalue weighted by Crippen LogP contribution is -2.45. The summed E-state index contributed by atoms with van der Waals surface area (Å²) >= 11 is 0. The van der Waals surface area contributed by atoms with Gasteiger partial charge in [-0.3, -0.25) is 0 Å². The van der Waals surface area contributed by atoms with Gasteiger partial charge in [0, 0.05) is 10.9 Å². The number of hydrogen-bond acceptors (Lipinski definition) is 4. The van der Waals surface area contributed by atoms with Crippen molar-refractivity contribution in [2.45, 2.75) is 84.7 Å². The van der Waals surface area contributed by atoms with Gasteiger partial charge in [-0.2, -0.15) is 0 Å². The lowest BCUT2D eigenvalue weighted by atomic mass is 9.70. The Morgan fingerprint density at radius 1 is 0.654 bits per heavy atom. The van der Waals surface area contributed by atoms with Crippen molar-refractivity contribution in [3.05, 3.63) is 23.5 Å². The summed E-state index contributed by atoms with van der Waals surface area (Å²) in [5.74, 6) is -0.396. The Morgan fingerprint density at radius 3 is 1.19 bits per heavy atom. The Labute approximate surface area is 157 Å². The highest BCUT2D eigenvalue weighted by molar-refractivity contribution is 6.66. The van der Waals surface area contributed by atoms with E-state index >= 15 is 4.39 Å². The van der Waals surface area contributed by atoms with Gasteiger partial charge in [-0.05, 0) is 62.3 Å². The number of rotatable bonds is 2. The van der Waals surface area contributed by atoms with Crippen LogP contribution in [0.4, 0.5) is 4.39 Å². The molecule has 0 N–H and O–H groups in total. The summed E-state index contributed by atoms with van der Waals surface area (Å²) in [6.07, 6.45) is 0. The highest BCUT2D eigenvalue weighted by atomic mass is 19.1. The first-order valence-corrected chi connectivity index (χ1v) is 9.18.